The van der Waals surface area contributed by atoms with Gasteiger partial charge in [-0.2, -0.15) is 0 Å². The second-order valence-electron chi connectivity index (χ2n) is 2.70. The summed E-state index contributed by atoms with van der Waals surface area (Å²) in [5, 5.41) is 3.18. The molecule has 0 atom stereocenters. The Kier molecular flexibility index (Phi) is 1.29. The van der Waals surface area contributed by atoms with Crippen LogP contribution in [0, 0.1) is 0 Å². The van der Waals surface area contributed by atoms with Gasteiger partial charge in [0.05, 0.1) is 14.1 Å². The van der Waals surface area contributed by atoms with E-state index in [9.17, 15) is 4.79 Å². The average molecular weight is 145 g/mol. The molecule has 0 aromatic carbocycles. The van der Waals surface area contributed by atoms with Gasteiger partial charge in [-0.25, -0.2) is 0 Å². The molecular weight excluding hydrogens is 136 g/mol. The van der Waals surface area contributed by atoms with Crippen LogP contribution in [-0.2, 0) is 4.79 Å². The minimum absolute atomic E-state index is 0.0185. The van der Waals surface area contributed by atoms with Crippen LogP contribution in [0.3, 0.4) is 0 Å². The standard InChI is InChI=1S/C5H8N2OS/c1-7(2)3-4(8)6-5(7)9/h3H2,1-2H3/p+1. The van der Waals surface area contributed by atoms with Gasteiger partial charge in [0.2, 0.25) is 0 Å². The molecule has 1 N–H and O–H groups in total. The van der Waals surface area contributed by atoms with Crippen molar-refractivity contribution in [2.45, 2.75) is 0 Å². The monoisotopic (exact) mass is 145 g/mol. The number of thiocarbonyl (C=S) groups is 1. The highest BCUT2D eigenvalue weighted by atomic mass is 32.1. The van der Waals surface area contributed by atoms with Crippen LogP contribution in [0.1, 0.15) is 0 Å². The van der Waals surface area contributed by atoms with Crippen LogP contribution in [0.25, 0.3) is 0 Å². The molecular formula is C5H9N2OS+. The fraction of sp³-hybridized carbons (Fsp3) is 0.600. The fourth-order valence-electron chi connectivity index (χ4n) is 0.741. The van der Waals surface area contributed by atoms with Crippen molar-refractivity contribution in [2.24, 2.45) is 0 Å². The maximum Gasteiger partial charge on any atom is 0.284 e. The van der Waals surface area contributed by atoms with Gasteiger partial charge in [0.15, 0.2) is 6.54 Å². The molecule has 0 aromatic rings. The highest BCUT2D eigenvalue weighted by Crippen LogP contribution is 2.03. The molecule has 1 heterocycles. The summed E-state index contributed by atoms with van der Waals surface area (Å²) in [5.41, 5.74) is 0. The lowest BCUT2D eigenvalue weighted by atomic mass is 10.5. The first-order valence-electron chi connectivity index (χ1n) is 2.70. The number of carbonyl (C=O) groups is 1. The molecule has 1 saturated heterocycles. The summed E-state index contributed by atoms with van der Waals surface area (Å²) in [6.07, 6.45) is 0. The quantitative estimate of drug-likeness (QED) is 0.367. The van der Waals surface area contributed by atoms with Gasteiger partial charge in [0, 0.05) is 12.2 Å². The summed E-state index contributed by atoms with van der Waals surface area (Å²) in [5.74, 6) is 0.0185. The van der Waals surface area contributed by atoms with Gasteiger partial charge in [-0.15, -0.1) is 0 Å². The van der Waals surface area contributed by atoms with Crippen LogP contribution in [0.4, 0.5) is 0 Å². The molecule has 0 radical (unpaired) electrons. The third kappa shape index (κ3) is 1.09. The topological polar surface area (TPSA) is 29.1 Å². The van der Waals surface area contributed by atoms with Crippen LogP contribution in [-0.4, -0.2) is 36.1 Å². The van der Waals surface area contributed by atoms with E-state index in [2.05, 4.69) is 5.32 Å². The smallest absolute Gasteiger partial charge is 0.268 e. The van der Waals surface area contributed by atoms with Gasteiger partial charge in [-0.3, -0.25) is 14.6 Å². The molecule has 3 nitrogen and oxygen atoms in total. The Morgan fingerprint density at radius 2 is 2.22 bits per heavy atom. The zero-order chi connectivity index (χ0) is 7.07. The Morgan fingerprint density at radius 3 is 2.33 bits per heavy atom. The third-order valence-corrected chi connectivity index (χ3v) is 1.93. The van der Waals surface area contributed by atoms with Gasteiger partial charge in [0.1, 0.15) is 0 Å². The number of nitrogens with one attached hydrogen (secondary N) is 1. The van der Waals surface area contributed by atoms with Crippen LogP contribution in [0.15, 0.2) is 0 Å². The van der Waals surface area contributed by atoms with E-state index in [1.54, 1.807) is 0 Å². The number of hydrogen-bond acceptors (Lipinski definition) is 2. The Balaban J connectivity index is 2.81. The summed E-state index contributed by atoms with van der Waals surface area (Å²) >= 11 is 4.87. The highest BCUT2D eigenvalue weighted by molar-refractivity contribution is 7.80. The molecule has 4 heteroatoms. The van der Waals surface area contributed by atoms with Gasteiger partial charge in [0.25, 0.3) is 11.0 Å². The molecule has 1 rings (SSSR count). The van der Waals surface area contributed by atoms with E-state index >= 15 is 0 Å². The zero-order valence-corrected chi connectivity index (χ0v) is 6.29. The molecule has 1 aliphatic rings. The average Bonchev–Trinajstić information content (AvgIpc) is 1.79. The number of carbonyl (C=O) groups excluding carboxylic acids is 1. The van der Waals surface area contributed by atoms with Crippen LogP contribution < -0.4 is 5.32 Å². The van der Waals surface area contributed by atoms with E-state index in [4.69, 9.17) is 12.2 Å². The molecule has 50 valence electrons. The summed E-state index contributed by atoms with van der Waals surface area (Å²) in [6, 6.07) is 0. The molecule has 0 unspecified atom stereocenters. The summed E-state index contributed by atoms with van der Waals surface area (Å²) in [7, 11) is 3.81. The van der Waals surface area contributed by atoms with Crippen molar-refractivity contribution in [1.82, 2.24) is 5.32 Å². The van der Waals surface area contributed by atoms with Crippen LogP contribution in [0.5, 0.6) is 0 Å². The number of likely N-dealkylation sites (N-methyl/N-ethyl adjacent to an activating group) is 1. The molecule has 9 heavy (non-hydrogen) atoms. The van der Waals surface area contributed by atoms with E-state index < -0.39 is 0 Å². The lowest BCUT2D eigenvalue weighted by molar-refractivity contribution is -0.783. The van der Waals surface area contributed by atoms with Crippen LogP contribution in [0.2, 0.25) is 0 Å². The largest absolute Gasteiger partial charge is 0.284 e. The molecule has 0 aliphatic carbocycles. The first-order chi connectivity index (χ1) is 4.02. The number of quaternary nitrogens is 1. The molecule has 1 fully saturated rings. The van der Waals surface area contributed by atoms with E-state index in [0.717, 1.165) is 0 Å². The van der Waals surface area contributed by atoms with Crippen molar-refractivity contribution in [3.63, 3.8) is 0 Å². The summed E-state index contributed by atoms with van der Waals surface area (Å²) in [4.78, 5) is 10.7. The minimum Gasteiger partial charge on any atom is -0.268 e. The predicted molar refractivity (Wildman–Crippen MR) is 37.7 cm³/mol. The van der Waals surface area contributed by atoms with Gasteiger partial charge < -0.3 is 0 Å². The molecule has 0 spiro atoms. The Hall–Kier alpha value is -0.480. The third-order valence-electron chi connectivity index (χ3n) is 1.34. The van der Waals surface area contributed by atoms with Crippen molar-refractivity contribution in [3.05, 3.63) is 0 Å². The molecule has 0 aromatic heterocycles. The van der Waals surface area contributed by atoms with E-state index in [1.807, 2.05) is 14.1 Å². The van der Waals surface area contributed by atoms with Gasteiger partial charge in [-0.1, -0.05) is 0 Å². The Bertz CT molecular complexity index is 176. The van der Waals surface area contributed by atoms with Gasteiger partial charge >= 0.3 is 0 Å². The lowest BCUT2D eigenvalue weighted by Crippen LogP contribution is -2.42. The van der Waals surface area contributed by atoms with Crippen molar-refractivity contribution < 1.29 is 9.28 Å². The molecule has 0 bridgehead atoms. The predicted octanol–water partition coefficient (Wildman–Crippen LogP) is -0.522. The first-order valence-corrected chi connectivity index (χ1v) is 3.10. The normalized spacial score (nSPS) is 24.2. The maximum absolute atomic E-state index is 10.7. The van der Waals surface area contributed by atoms with Crippen molar-refractivity contribution in [3.8, 4) is 0 Å². The number of hydrogen-bond donors (Lipinski definition) is 1. The molecule has 0 saturated carbocycles. The number of rotatable bonds is 0. The van der Waals surface area contributed by atoms with Crippen molar-refractivity contribution >= 4 is 23.2 Å². The second-order valence-corrected chi connectivity index (χ2v) is 3.08. The second kappa shape index (κ2) is 1.75. The first kappa shape index (κ1) is 6.64. The summed E-state index contributed by atoms with van der Waals surface area (Å²) in [6.45, 7) is 0.471. The SMILES string of the molecule is C[N+]1(C)CC(=O)NC1=S. The number of nitrogens with zero attached hydrogens (tertiary/aromatic N) is 1. The Labute approximate surface area is 59.2 Å². The van der Waals surface area contributed by atoms with Gasteiger partial charge in [-0.05, 0) is 0 Å². The maximum atomic E-state index is 10.7. The summed E-state index contributed by atoms with van der Waals surface area (Å²) < 4.78 is 0.494. The van der Waals surface area contributed by atoms with Crippen molar-refractivity contribution in [2.75, 3.05) is 20.6 Å². The van der Waals surface area contributed by atoms with E-state index in [1.165, 1.54) is 0 Å². The Morgan fingerprint density at radius 1 is 1.67 bits per heavy atom. The molecule has 1 amide bonds. The zero-order valence-electron chi connectivity index (χ0n) is 5.47. The van der Waals surface area contributed by atoms with Crippen LogP contribution >= 0.6 is 12.2 Å². The highest BCUT2D eigenvalue weighted by Gasteiger charge is 2.34. The van der Waals surface area contributed by atoms with E-state index in [0.29, 0.717) is 16.1 Å². The fourth-order valence-corrected chi connectivity index (χ4v) is 0.919. The number of amides is 1. The molecule has 1 aliphatic heterocycles. The van der Waals surface area contributed by atoms with E-state index in [-0.39, 0.29) is 5.91 Å². The lowest BCUT2D eigenvalue weighted by Gasteiger charge is -2.18. The van der Waals surface area contributed by atoms with Crippen molar-refractivity contribution in [1.29, 1.82) is 0 Å². The minimum atomic E-state index is 0.0185.